The van der Waals surface area contributed by atoms with Crippen molar-refractivity contribution in [1.29, 1.82) is 0 Å². The van der Waals surface area contributed by atoms with Crippen LogP contribution in [0, 0.1) is 0 Å². The molecule has 0 radical (unpaired) electrons. The number of rotatable bonds is 0. The summed E-state index contributed by atoms with van der Waals surface area (Å²) in [7, 11) is -2.50. The van der Waals surface area contributed by atoms with Crippen molar-refractivity contribution >= 4 is 37.5 Å². The minimum absolute atomic E-state index is 0.0815. The number of nitrogens with two attached hydrogens (primary N) is 1. The van der Waals surface area contributed by atoms with Gasteiger partial charge in [-0.15, -0.1) is 4.52 Å². The van der Waals surface area contributed by atoms with Crippen LogP contribution in [0.2, 0.25) is 0 Å². The molecule has 16 heteroatoms. The van der Waals surface area contributed by atoms with Crippen molar-refractivity contribution in [2.75, 3.05) is 32.1 Å². The van der Waals surface area contributed by atoms with Gasteiger partial charge in [0.15, 0.2) is 17.4 Å². The van der Waals surface area contributed by atoms with Crippen molar-refractivity contribution in [2.24, 2.45) is 4.99 Å². The molecule has 0 aromatic carbocycles. The van der Waals surface area contributed by atoms with Crippen LogP contribution in [-0.4, -0.2) is 92.1 Å². The fourth-order valence-corrected chi connectivity index (χ4v) is 4.57. The van der Waals surface area contributed by atoms with Crippen LogP contribution < -0.4 is 15.6 Å². The lowest BCUT2D eigenvalue weighted by molar-refractivity contribution is -0.145. The van der Waals surface area contributed by atoms with Gasteiger partial charge in [-0.05, 0) is 37.5 Å². The number of hydrogen-bond acceptors (Lipinski definition) is 13. The summed E-state index contributed by atoms with van der Waals surface area (Å²) >= 11 is 0. The van der Waals surface area contributed by atoms with Gasteiger partial charge in [-0.3, -0.25) is 14.4 Å². The first kappa shape index (κ1) is 26.3. The summed E-state index contributed by atoms with van der Waals surface area (Å²) in [6.45, 7) is 3.24. The summed E-state index contributed by atoms with van der Waals surface area (Å²) in [6, 6.07) is -0.890. The molecule has 0 aliphatic carbocycles. The predicted octanol–water partition coefficient (Wildman–Crippen LogP) is -0.143. The van der Waals surface area contributed by atoms with E-state index in [1.54, 1.807) is 6.21 Å². The molecule has 6 bridgehead atoms. The summed E-state index contributed by atoms with van der Waals surface area (Å²) in [5.74, 6) is -0.531. The number of ether oxygens (including phenoxy) is 3. The Balaban J connectivity index is 1.60. The van der Waals surface area contributed by atoms with Crippen molar-refractivity contribution in [2.45, 2.75) is 56.8 Å². The van der Waals surface area contributed by atoms with Crippen LogP contribution in [0.1, 0.15) is 32.9 Å². The molecule has 1 saturated heterocycles. The molecule has 1 fully saturated rings. The van der Waals surface area contributed by atoms with Gasteiger partial charge in [0.25, 0.3) is 0 Å². The molecule has 5 N–H and O–H groups in total. The highest BCUT2D eigenvalue weighted by atomic mass is 31.1. The molecule has 0 saturated carbocycles. The number of fused-ring (bicyclic) bond motifs is 3. The molecule has 0 spiro atoms. The average Bonchev–Trinajstić information content (AvgIpc) is 3.33. The normalized spacial score (nSPS) is 32.0. The van der Waals surface area contributed by atoms with Crippen LogP contribution in [0.5, 0.6) is 5.88 Å². The molecule has 2 aliphatic rings. The number of hydrogen-bond donors (Lipinski definition) is 4. The molecular formula is C20H29N7O8P+. The third kappa shape index (κ3) is 5.61. The minimum atomic E-state index is -2.50. The Morgan fingerprint density at radius 2 is 2.11 bits per heavy atom. The molecule has 0 amide bonds. The number of anilines is 1. The van der Waals surface area contributed by atoms with Crippen LogP contribution in [0.15, 0.2) is 11.3 Å². The van der Waals surface area contributed by atoms with E-state index in [9.17, 15) is 19.6 Å². The molecule has 6 unspecified atom stereocenters. The number of imidazole rings is 1. The lowest BCUT2D eigenvalue weighted by atomic mass is 9.96. The van der Waals surface area contributed by atoms with E-state index in [4.69, 9.17) is 24.5 Å². The number of aliphatic hydroxyl groups is 2. The van der Waals surface area contributed by atoms with Gasteiger partial charge in [-0.1, -0.05) is 5.09 Å². The largest absolute Gasteiger partial charge is 0.613 e. The molecule has 15 nitrogen and oxygen atoms in total. The number of aliphatic imine (C=N–C) groups is 1. The Kier molecular flexibility index (Phi) is 8.07. The monoisotopic (exact) mass is 526 g/mol. The van der Waals surface area contributed by atoms with E-state index >= 15 is 0 Å². The van der Waals surface area contributed by atoms with Crippen LogP contribution in [0.3, 0.4) is 0 Å². The molecule has 36 heavy (non-hydrogen) atoms. The van der Waals surface area contributed by atoms with Gasteiger partial charge in [-0.25, -0.2) is 4.98 Å². The van der Waals surface area contributed by atoms with Crippen LogP contribution in [0.25, 0.3) is 11.2 Å². The molecule has 6 atom stereocenters. The maximum atomic E-state index is 12.3. The number of cyclic esters (lactones) is 1. The van der Waals surface area contributed by atoms with Gasteiger partial charge >= 0.3 is 14.1 Å². The molecule has 2 aromatic rings. The summed E-state index contributed by atoms with van der Waals surface area (Å²) in [5.41, 5.74) is 4.58. The van der Waals surface area contributed by atoms with Gasteiger partial charge in [0, 0.05) is 0 Å². The van der Waals surface area contributed by atoms with Gasteiger partial charge in [-0.2, -0.15) is 9.97 Å². The van der Waals surface area contributed by atoms with Crippen molar-refractivity contribution in [1.82, 2.24) is 24.6 Å². The van der Waals surface area contributed by atoms with Crippen LogP contribution in [-0.2, 0) is 23.4 Å². The number of carbonyl (C=O) groups excluding carboxylic acids is 1. The number of aliphatic hydroxyl groups excluding tert-OH is 1. The molecule has 2 aromatic heterocycles. The van der Waals surface area contributed by atoms with Crippen molar-refractivity contribution in [3.63, 3.8) is 0 Å². The van der Waals surface area contributed by atoms with E-state index in [-0.39, 0.29) is 42.8 Å². The van der Waals surface area contributed by atoms with E-state index in [1.807, 2.05) is 0 Å². The minimum Gasteiger partial charge on any atom is -0.474 e. The van der Waals surface area contributed by atoms with Crippen LogP contribution >= 0.6 is 8.18 Å². The first-order chi connectivity index (χ1) is 17.2. The zero-order chi connectivity index (χ0) is 25.9. The predicted molar refractivity (Wildman–Crippen MR) is 125 cm³/mol. The Hall–Kier alpha value is -2.81. The van der Waals surface area contributed by atoms with E-state index in [2.05, 4.69) is 25.0 Å². The highest BCUT2D eigenvalue weighted by molar-refractivity contribution is 7.36. The number of nitrogens with zero attached hydrogens (tertiary/aromatic N) is 5. The van der Waals surface area contributed by atoms with E-state index in [0.717, 1.165) is 0 Å². The maximum absolute atomic E-state index is 12.3. The maximum Gasteiger partial charge on any atom is 0.613 e. The van der Waals surface area contributed by atoms with E-state index in [0.29, 0.717) is 19.4 Å². The first-order valence-electron chi connectivity index (χ1n) is 11.4. The third-order valence-electron chi connectivity index (χ3n) is 5.73. The van der Waals surface area contributed by atoms with Crippen LogP contribution in [0.4, 0.5) is 5.95 Å². The van der Waals surface area contributed by atoms with Gasteiger partial charge in [0.05, 0.1) is 19.5 Å². The van der Waals surface area contributed by atoms with E-state index in [1.165, 1.54) is 24.7 Å². The Bertz CT molecular complexity index is 1140. The number of nitrogen functional groups attached to an aromatic ring is 1. The fraction of sp³-hybridized carbons (Fsp3) is 0.650. The Morgan fingerprint density at radius 3 is 2.92 bits per heavy atom. The lowest BCUT2D eigenvalue weighted by Crippen LogP contribution is -2.44. The molecule has 4 rings (SSSR count). The van der Waals surface area contributed by atoms with Gasteiger partial charge in [0.2, 0.25) is 11.8 Å². The smallest absolute Gasteiger partial charge is 0.474 e. The summed E-state index contributed by atoms with van der Waals surface area (Å²) in [5, 5.41) is 24.3. The second-order valence-electron chi connectivity index (χ2n) is 8.56. The third-order valence-corrected chi connectivity index (χ3v) is 6.71. The van der Waals surface area contributed by atoms with Gasteiger partial charge < -0.3 is 30.2 Å². The lowest BCUT2D eigenvalue weighted by Gasteiger charge is -2.27. The number of nitrogens with one attached hydrogen (secondary N) is 1. The van der Waals surface area contributed by atoms with Crippen molar-refractivity contribution in [3.8, 4) is 5.88 Å². The zero-order valence-corrected chi connectivity index (χ0v) is 20.7. The summed E-state index contributed by atoms with van der Waals surface area (Å²) in [4.78, 5) is 28.9. The second kappa shape index (κ2) is 11.1. The second-order valence-corrected chi connectivity index (χ2v) is 9.59. The highest BCUT2D eigenvalue weighted by Gasteiger charge is 2.54. The molecule has 196 valence electrons. The zero-order valence-electron chi connectivity index (χ0n) is 19.8. The Morgan fingerprint density at radius 1 is 1.31 bits per heavy atom. The highest BCUT2D eigenvalue weighted by Crippen LogP contribution is 2.40. The quantitative estimate of drug-likeness (QED) is 0.261. The fourth-order valence-electron chi connectivity index (χ4n) is 3.80. The Labute approximate surface area is 206 Å². The molecule has 4 heterocycles. The van der Waals surface area contributed by atoms with E-state index < -0.39 is 44.2 Å². The number of esters is 1. The number of carbonyl (C=O) groups is 1. The SMILES string of the molecule is CC1N[P+](=O)OCC2OC(n3cnc4c(nc(N)nc43)OCCN=CCCCOC1=O)C(C)(O)C2O. The molecular weight excluding hydrogens is 497 g/mol. The summed E-state index contributed by atoms with van der Waals surface area (Å²) < 4.78 is 35.7. The standard InChI is InChI=1S/C20H29N7O8P/c1-11-17(29)33-7-4-3-5-22-6-8-32-16-13-15(24-19(21)25-16)27(10-23-13)18-20(2,30)14(28)12(35-18)9-34-36(31)26-11/h5,10-12,14,18,28,30H,3-4,6-9H2,1-2H3,(H,26,31)(H2,21,24,25)/q+1. The number of aromatic nitrogens is 4. The average molecular weight is 526 g/mol. The molecule has 2 aliphatic heterocycles. The summed E-state index contributed by atoms with van der Waals surface area (Å²) in [6.07, 6.45) is 0.599. The topological polar surface area (TPSA) is 206 Å². The first-order valence-corrected chi connectivity index (χ1v) is 12.6. The van der Waals surface area contributed by atoms with Crippen molar-refractivity contribution in [3.05, 3.63) is 6.33 Å². The van der Waals surface area contributed by atoms with Crippen molar-refractivity contribution < 1.29 is 38.3 Å². The van der Waals surface area contributed by atoms with Gasteiger partial charge in [0.1, 0.15) is 37.1 Å².